The van der Waals surface area contributed by atoms with Crippen LogP contribution in [0.2, 0.25) is 0 Å². The van der Waals surface area contributed by atoms with E-state index in [2.05, 4.69) is 9.88 Å². The van der Waals surface area contributed by atoms with Gasteiger partial charge >= 0.3 is 5.97 Å². The Morgan fingerprint density at radius 1 is 1.24 bits per heavy atom. The van der Waals surface area contributed by atoms with Gasteiger partial charge in [0.05, 0.1) is 17.1 Å². The number of pyridine rings is 1. The number of hydrogen-bond acceptors (Lipinski definition) is 7. The highest BCUT2D eigenvalue weighted by Crippen LogP contribution is 2.29. The van der Waals surface area contributed by atoms with Crippen LogP contribution in [0, 0.1) is 12.8 Å². The summed E-state index contributed by atoms with van der Waals surface area (Å²) >= 11 is 0. The molecule has 0 spiro atoms. The number of rotatable bonds is 8. The van der Waals surface area contributed by atoms with Crippen LogP contribution < -0.4 is 10.9 Å². The molecule has 3 aromatic rings. The SMILES string of the molecule is CC(=O)N1CCC[C@H](Cn2c(-c3cc(C)c(=O)n(C)c3)nc3cc(CN[C@H](C(=O)OC(C)(C)C)[C@@H](C)O)ccc32)C1. The van der Waals surface area contributed by atoms with Crippen molar-refractivity contribution in [2.75, 3.05) is 13.1 Å². The summed E-state index contributed by atoms with van der Waals surface area (Å²) in [4.78, 5) is 44.1. The second-order valence-corrected chi connectivity index (χ2v) is 12.3. The average molecular weight is 566 g/mol. The molecule has 0 unspecified atom stereocenters. The molecular weight excluding hydrogens is 522 g/mol. The Labute approximate surface area is 241 Å². The quantitative estimate of drug-likeness (QED) is 0.403. The molecule has 3 atom stereocenters. The zero-order chi connectivity index (χ0) is 30.1. The number of aromatic nitrogens is 3. The fourth-order valence-electron chi connectivity index (χ4n) is 5.49. The van der Waals surface area contributed by atoms with Crippen molar-refractivity contribution in [2.24, 2.45) is 13.0 Å². The fourth-order valence-corrected chi connectivity index (χ4v) is 5.49. The molecule has 1 aliphatic heterocycles. The number of aliphatic hydroxyl groups excluding tert-OH is 1. The van der Waals surface area contributed by atoms with Crippen molar-refractivity contribution in [3.8, 4) is 11.4 Å². The number of piperidine rings is 1. The van der Waals surface area contributed by atoms with Crippen molar-refractivity contribution in [2.45, 2.75) is 85.2 Å². The topological polar surface area (TPSA) is 119 Å². The van der Waals surface area contributed by atoms with Crippen LogP contribution in [0.5, 0.6) is 0 Å². The molecule has 41 heavy (non-hydrogen) atoms. The van der Waals surface area contributed by atoms with Gasteiger partial charge in [0, 0.05) is 57.5 Å². The molecule has 4 rings (SSSR count). The number of ether oxygens (including phenoxy) is 1. The maximum atomic E-state index is 12.7. The van der Waals surface area contributed by atoms with E-state index < -0.39 is 23.7 Å². The van der Waals surface area contributed by atoms with Crippen LogP contribution in [-0.4, -0.2) is 66.8 Å². The minimum absolute atomic E-state index is 0.0493. The summed E-state index contributed by atoms with van der Waals surface area (Å²) in [6.07, 6.45) is 2.86. The van der Waals surface area contributed by atoms with Crippen LogP contribution in [0.15, 0.2) is 35.3 Å². The van der Waals surface area contributed by atoms with Gasteiger partial charge in [-0.25, -0.2) is 4.98 Å². The molecule has 1 saturated heterocycles. The predicted octanol–water partition coefficient (Wildman–Crippen LogP) is 3.15. The zero-order valence-corrected chi connectivity index (χ0v) is 25.2. The summed E-state index contributed by atoms with van der Waals surface area (Å²) in [5.41, 5.74) is 3.42. The molecule has 0 radical (unpaired) electrons. The minimum atomic E-state index is -0.933. The van der Waals surface area contributed by atoms with E-state index in [1.165, 1.54) is 0 Å². The Morgan fingerprint density at radius 2 is 1.98 bits per heavy atom. The maximum absolute atomic E-state index is 12.7. The van der Waals surface area contributed by atoms with E-state index in [-0.39, 0.29) is 17.4 Å². The van der Waals surface area contributed by atoms with E-state index >= 15 is 0 Å². The molecule has 10 nitrogen and oxygen atoms in total. The third-order valence-electron chi connectivity index (χ3n) is 7.51. The van der Waals surface area contributed by atoms with E-state index in [1.54, 1.807) is 53.2 Å². The summed E-state index contributed by atoms with van der Waals surface area (Å²) < 4.78 is 9.26. The van der Waals surface area contributed by atoms with E-state index in [9.17, 15) is 19.5 Å². The summed E-state index contributed by atoms with van der Waals surface area (Å²) in [5.74, 6) is 0.634. The molecule has 222 valence electrons. The lowest BCUT2D eigenvalue weighted by atomic mass is 9.97. The van der Waals surface area contributed by atoms with Crippen LogP contribution in [-0.2, 0) is 34.5 Å². The van der Waals surface area contributed by atoms with Crippen molar-refractivity contribution >= 4 is 22.9 Å². The lowest BCUT2D eigenvalue weighted by Gasteiger charge is -2.32. The highest BCUT2D eigenvalue weighted by molar-refractivity contribution is 5.81. The summed E-state index contributed by atoms with van der Waals surface area (Å²) in [6, 6.07) is 6.99. The second-order valence-electron chi connectivity index (χ2n) is 12.3. The largest absolute Gasteiger partial charge is 0.459 e. The molecule has 0 aliphatic carbocycles. The van der Waals surface area contributed by atoms with E-state index in [4.69, 9.17) is 9.72 Å². The number of carbonyl (C=O) groups is 2. The van der Waals surface area contributed by atoms with Gasteiger partial charge in [-0.05, 0) is 77.1 Å². The third kappa shape index (κ3) is 7.23. The monoisotopic (exact) mass is 565 g/mol. The number of likely N-dealkylation sites (tertiary alicyclic amines) is 1. The number of aryl methyl sites for hydroxylation is 2. The Bertz CT molecular complexity index is 1460. The Kier molecular flexibility index (Phi) is 9.03. The lowest BCUT2D eigenvalue weighted by Crippen LogP contribution is -2.47. The zero-order valence-electron chi connectivity index (χ0n) is 25.2. The Balaban J connectivity index is 1.68. The van der Waals surface area contributed by atoms with Crippen molar-refractivity contribution in [3.05, 3.63) is 51.9 Å². The van der Waals surface area contributed by atoms with Crippen molar-refractivity contribution < 1.29 is 19.4 Å². The highest BCUT2D eigenvalue weighted by atomic mass is 16.6. The van der Waals surface area contributed by atoms with Gasteiger partial charge in [0.15, 0.2) is 0 Å². The predicted molar refractivity (Wildman–Crippen MR) is 158 cm³/mol. The number of nitrogens with one attached hydrogen (secondary N) is 1. The number of amides is 1. The molecule has 3 heterocycles. The number of imidazole rings is 1. The van der Waals surface area contributed by atoms with Gasteiger partial charge in [0.2, 0.25) is 5.91 Å². The van der Waals surface area contributed by atoms with Gasteiger partial charge in [-0.3, -0.25) is 19.7 Å². The Morgan fingerprint density at radius 3 is 2.61 bits per heavy atom. The van der Waals surface area contributed by atoms with Gasteiger partial charge < -0.3 is 23.9 Å². The van der Waals surface area contributed by atoms with Crippen LogP contribution in [0.3, 0.4) is 0 Å². The standard InChI is InChI=1S/C31H43N5O5/c1-19-13-24(18-34(7)29(19)39)28-33-25-14-22(15-32-27(20(2)37)30(40)41-31(4,5)6)10-11-26(25)36(28)17-23-9-8-12-35(16-23)21(3)38/h10-11,13-14,18,20,23,27,32,37H,8-9,12,15-17H2,1-7H3/t20-,23+,27+/m1/s1. The van der Waals surface area contributed by atoms with Crippen molar-refractivity contribution in [1.29, 1.82) is 0 Å². The lowest BCUT2D eigenvalue weighted by molar-refractivity contribution is -0.160. The van der Waals surface area contributed by atoms with Crippen molar-refractivity contribution in [3.63, 3.8) is 0 Å². The summed E-state index contributed by atoms with van der Waals surface area (Å²) in [5, 5.41) is 13.4. The normalized spacial score (nSPS) is 17.5. The number of nitrogens with zero attached hydrogens (tertiary/aromatic N) is 4. The number of esters is 1. The molecule has 2 N–H and O–H groups in total. The maximum Gasteiger partial charge on any atom is 0.326 e. The molecule has 1 aliphatic rings. The van der Waals surface area contributed by atoms with Crippen LogP contribution in [0.1, 0.15) is 58.6 Å². The first-order valence-electron chi connectivity index (χ1n) is 14.3. The first-order chi connectivity index (χ1) is 19.2. The second kappa shape index (κ2) is 12.2. The molecule has 1 fully saturated rings. The van der Waals surface area contributed by atoms with Crippen LogP contribution in [0.4, 0.5) is 0 Å². The fraction of sp³-hybridized carbons (Fsp3) is 0.548. The molecule has 10 heteroatoms. The van der Waals surface area contributed by atoms with Gasteiger partial charge in [0.25, 0.3) is 5.56 Å². The highest BCUT2D eigenvalue weighted by Gasteiger charge is 2.29. The van der Waals surface area contributed by atoms with E-state index in [0.29, 0.717) is 25.2 Å². The third-order valence-corrected chi connectivity index (χ3v) is 7.51. The molecular formula is C31H43N5O5. The number of aliphatic hydroxyl groups is 1. The molecule has 0 bridgehead atoms. The van der Waals surface area contributed by atoms with Crippen molar-refractivity contribution in [1.82, 2.24) is 24.3 Å². The minimum Gasteiger partial charge on any atom is -0.459 e. The van der Waals surface area contributed by atoms with E-state index in [1.807, 2.05) is 35.4 Å². The van der Waals surface area contributed by atoms with Gasteiger partial charge in [0.1, 0.15) is 17.5 Å². The first-order valence-corrected chi connectivity index (χ1v) is 14.3. The number of hydrogen-bond donors (Lipinski definition) is 2. The molecule has 1 aromatic carbocycles. The van der Waals surface area contributed by atoms with Gasteiger partial charge in [-0.2, -0.15) is 0 Å². The smallest absolute Gasteiger partial charge is 0.326 e. The number of carbonyl (C=O) groups excluding carboxylic acids is 2. The molecule has 0 saturated carbocycles. The van der Waals surface area contributed by atoms with Crippen LogP contribution >= 0.6 is 0 Å². The van der Waals surface area contributed by atoms with E-state index in [0.717, 1.165) is 47.4 Å². The first kappa shape index (κ1) is 30.5. The molecule has 1 amide bonds. The number of benzene rings is 1. The molecule has 2 aromatic heterocycles. The summed E-state index contributed by atoms with van der Waals surface area (Å²) in [7, 11) is 1.74. The average Bonchev–Trinajstić information content (AvgIpc) is 3.23. The summed E-state index contributed by atoms with van der Waals surface area (Å²) in [6.45, 7) is 12.9. The van der Waals surface area contributed by atoms with Gasteiger partial charge in [-0.1, -0.05) is 6.07 Å². The Hall–Kier alpha value is -3.50. The number of fused-ring (bicyclic) bond motifs is 1. The van der Waals surface area contributed by atoms with Crippen LogP contribution in [0.25, 0.3) is 22.4 Å². The van der Waals surface area contributed by atoms with Gasteiger partial charge in [-0.15, -0.1) is 0 Å².